The fraction of sp³-hybridized carbons (Fsp3) is 0.316. The Morgan fingerprint density at radius 3 is 2.23 bits per heavy atom. The highest BCUT2D eigenvalue weighted by Gasteiger charge is 2.32. The molecule has 0 spiro atoms. The molecule has 1 unspecified atom stereocenters. The minimum absolute atomic E-state index is 0.0798. The second-order valence-corrected chi connectivity index (χ2v) is 8.92. The molecular formula is C19H20F2N4O5S. The topological polar surface area (TPSA) is 113 Å². The van der Waals surface area contributed by atoms with Crippen molar-refractivity contribution >= 4 is 27.3 Å². The van der Waals surface area contributed by atoms with Crippen LogP contribution in [-0.4, -0.2) is 60.7 Å². The summed E-state index contributed by atoms with van der Waals surface area (Å²) in [5, 5.41) is 13.4. The number of nitro benzene ring substituents is 1. The molecule has 1 amide bonds. The molecule has 1 saturated heterocycles. The van der Waals surface area contributed by atoms with E-state index >= 15 is 0 Å². The lowest BCUT2D eigenvalue weighted by atomic mass is 10.2. The van der Waals surface area contributed by atoms with Gasteiger partial charge < -0.3 is 5.32 Å². The molecule has 1 atom stereocenters. The average molecular weight is 454 g/mol. The number of amides is 1. The van der Waals surface area contributed by atoms with Gasteiger partial charge in [0.1, 0.15) is 0 Å². The van der Waals surface area contributed by atoms with Crippen molar-refractivity contribution < 1.29 is 26.9 Å². The lowest BCUT2D eigenvalue weighted by molar-refractivity contribution is -0.384. The van der Waals surface area contributed by atoms with E-state index in [1.807, 2.05) is 0 Å². The van der Waals surface area contributed by atoms with Crippen LogP contribution in [0.4, 0.5) is 20.2 Å². The molecule has 31 heavy (non-hydrogen) atoms. The van der Waals surface area contributed by atoms with E-state index in [1.165, 1.54) is 24.3 Å². The van der Waals surface area contributed by atoms with Crippen molar-refractivity contribution in [2.75, 3.05) is 31.5 Å². The molecule has 9 nitrogen and oxygen atoms in total. The van der Waals surface area contributed by atoms with E-state index in [-0.39, 0.29) is 42.7 Å². The highest BCUT2D eigenvalue weighted by molar-refractivity contribution is 7.89. The van der Waals surface area contributed by atoms with Crippen LogP contribution < -0.4 is 5.32 Å². The summed E-state index contributed by atoms with van der Waals surface area (Å²) in [6, 6.07) is 7.26. The van der Waals surface area contributed by atoms with Crippen molar-refractivity contribution in [2.24, 2.45) is 0 Å². The zero-order valence-corrected chi connectivity index (χ0v) is 17.3. The highest BCUT2D eigenvalue weighted by atomic mass is 32.2. The molecule has 2 aromatic rings. The molecule has 3 rings (SSSR count). The minimum atomic E-state index is -3.99. The number of carbonyl (C=O) groups excluding carboxylic acids is 1. The number of anilines is 1. The van der Waals surface area contributed by atoms with Gasteiger partial charge in [-0.15, -0.1) is 0 Å². The number of nitrogens with zero attached hydrogens (tertiary/aromatic N) is 3. The number of nitro groups is 1. The Morgan fingerprint density at radius 1 is 1.06 bits per heavy atom. The van der Waals surface area contributed by atoms with Gasteiger partial charge in [0.2, 0.25) is 15.9 Å². The quantitative estimate of drug-likeness (QED) is 0.529. The van der Waals surface area contributed by atoms with E-state index in [9.17, 15) is 32.1 Å². The number of halogens is 2. The van der Waals surface area contributed by atoms with E-state index in [0.29, 0.717) is 11.8 Å². The van der Waals surface area contributed by atoms with E-state index in [1.54, 1.807) is 11.8 Å². The van der Waals surface area contributed by atoms with Crippen molar-refractivity contribution in [3.05, 3.63) is 64.2 Å². The second-order valence-electron chi connectivity index (χ2n) is 6.99. The van der Waals surface area contributed by atoms with Gasteiger partial charge in [0.15, 0.2) is 11.6 Å². The van der Waals surface area contributed by atoms with Crippen LogP contribution in [0.1, 0.15) is 6.92 Å². The van der Waals surface area contributed by atoms with Gasteiger partial charge in [0.25, 0.3) is 5.69 Å². The zero-order chi connectivity index (χ0) is 22.8. The van der Waals surface area contributed by atoms with Gasteiger partial charge in [-0.1, -0.05) is 0 Å². The Bertz CT molecular complexity index is 1090. The fourth-order valence-corrected chi connectivity index (χ4v) is 4.63. The number of piperazine rings is 1. The second kappa shape index (κ2) is 9.04. The Kier molecular flexibility index (Phi) is 6.62. The predicted molar refractivity (Wildman–Crippen MR) is 108 cm³/mol. The maximum Gasteiger partial charge on any atom is 0.269 e. The number of carbonyl (C=O) groups is 1. The standard InChI is InChI=1S/C19H20F2N4O5S/c1-13(19(26)22-14-2-4-15(5-3-14)25(27)28)23-8-10-24(11-9-23)31(29,30)16-6-7-17(20)18(21)12-16/h2-7,12-13H,8-11H2,1H3,(H,22,26). The summed E-state index contributed by atoms with van der Waals surface area (Å²) < 4.78 is 53.0. The van der Waals surface area contributed by atoms with Gasteiger partial charge in [-0.2, -0.15) is 4.31 Å². The van der Waals surface area contributed by atoms with E-state index < -0.39 is 32.6 Å². The van der Waals surface area contributed by atoms with Crippen LogP contribution in [0.25, 0.3) is 0 Å². The molecule has 0 saturated carbocycles. The number of nitrogens with one attached hydrogen (secondary N) is 1. The van der Waals surface area contributed by atoms with Crippen molar-refractivity contribution in [2.45, 2.75) is 17.9 Å². The summed E-state index contributed by atoms with van der Waals surface area (Å²) in [4.78, 5) is 24.1. The molecule has 166 valence electrons. The van der Waals surface area contributed by atoms with Crippen LogP contribution in [0, 0.1) is 21.7 Å². The van der Waals surface area contributed by atoms with Gasteiger partial charge in [-0.25, -0.2) is 17.2 Å². The summed E-state index contributed by atoms with van der Waals surface area (Å²) in [7, 11) is -3.99. The summed E-state index contributed by atoms with van der Waals surface area (Å²) >= 11 is 0. The zero-order valence-electron chi connectivity index (χ0n) is 16.5. The van der Waals surface area contributed by atoms with Gasteiger partial charge in [0.05, 0.1) is 15.9 Å². The van der Waals surface area contributed by atoms with Gasteiger partial charge in [0, 0.05) is 44.0 Å². The first kappa shape index (κ1) is 22.7. The fourth-order valence-electron chi connectivity index (χ4n) is 3.20. The van der Waals surface area contributed by atoms with Crippen LogP contribution in [-0.2, 0) is 14.8 Å². The van der Waals surface area contributed by atoms with E-state index in [0.717, 1.165) is 16.4 Å². The Balaban J connectivity index is 1.59. The Labute approximate surface area is 177 Å². The third kappa shape index (κ3) is 5.03. The maximum atomic E-state index is 13.4. The molecule has 1 heterocycles. The summed E-state index contributed by atoms with van der Waals surface area (Å²) in [6.07, 6.45) is 0. The molecule has 0 bridgehead atoms. The molecule has 0 aromatic heterocycles. The van der Waals surface area contributed by atoms with Gasteiger partial charge in [-0.3, -0.25) is 19.8 Å². The molecule has 1 fully saturated rings. The minimum Gasteiger partial charge on any atom is -0.325 e. The van der Waals surface area contributed by atoms with Crippen molar-refractivity contribution in [3.8, 4) is 0 Å². The molecule has 1 N–H and O–H groups in total. The number of benzene rings is 2. The van der Waals surface area contributed by atoms with Crippen LogP contribution in [0.5, 0.6) is 0 Å². The Hall–Kier alpha value is -2.96. The summed E-state index contributed by atoms with van der Waals surface area (Å²) in [6.45, 7) is 2.35. The van der Waals surface area contributed by atoms with Crippen LogP contribution in [0.15, 0.2) is 47.4 Å². The smallest absolute Gasteiger partial charge is 0.269 e. The van der Waals surface area contributed by atoms with E-state index in [2.05, 4.69) is 5.32 Å². The van der Waals surface area contributed by atoms with Crippen LogP contribution in [0.2, 0.25) is 0 Å². The number of hydrogen-bond donors (Lipinski definition) is 1. The van der Waals surface area contributed by atoms with Crippen LogP contribution in [0.3, 0.4) is 0 Å². The number of non-ortho nitro benzene ring substituents is 1. The molecular weight excluding hydrogens is 434 g/mol. The normalized spacial score (nSPS) is 16.6. The third-order valence-electron chi connectivity index (χ3n) is 5.07. The van der Waals surface area contributed by atoms with Gasteiger partial charge in [-0.05, 0) is 37.3 Å². The van der Waals surface area contributed by atoms with Crippen LogP contribution >= 0.6 is 0 Å². The van der Waals surface area contributed by atoms with Gasteiger partial charge >= 0.3 is 0 Å². The SMILES string of the molecule is CC(C(=O)Nc1ccc([N+](=O)[O-])cc1)N1CCN(S(=O)(=O)c2ccc(F)c(F)c2)CC1. The van der Waals surface area contributed by atoms with Crippen molar-refractivity contribution in [1.82, 2.24) is 9.21 Å². The first-order valence-corrected chi connectivity index (χ1v) is 10.8. The molecule has 1 aliphatic rings. The van der Waals surface area contributed by atoms with Crippen molar-refractivity contribution in [1.29, 1.82) is 0 Å². The summed E-state index contributed by atoms with van der Waals surface area (Å²) in [5.74, 6) is -2.71. The number of hydrogen-bond acceptors (Lipinski definition) is 6. The lowest BCUT2D eigenvalue weighted by Gasteiger charge is -2.36. The molecule has 0 radical (unpaired) electrons. The third-order valence-corrected chi connectivity index (χ3v) is 6.97. The predicted octanol–water partition coefficient (Wildman–Crippen LogP) is 2.21. The molecule has 2 aromatic carbocycles. The average Bonchev–Trinajstić information content (AvgIpc) is 2.75. The monoisotopic (exact) mass is 454 g/mol. The Morgan fingerprint density at radius 2 is 1.68 bits per heavy atom. The largest absolute Gasteiger partial charge is 0.325 e. The molecule has 12 heteroatoms. The maximum absolute atomic E-state index is 13.4. The molecule has 1 aliphatic heterocycles. The first-order valence-electron chi connectivity index (χ1n) is 9.34. The number of rotatable bonds is 6. The van der Waals surface area contributed by atoms with Crippen molar-refractivity contribution in [3.63, 3.8) is 0 Å². The number of sulfonamides is 1. The highest BCUT2D eigenvalue weighted by Crippen LogP contribution is 2.21. The van der Waals surface area contributed by atoms with E-state index in [4.69, 9.17) is 0 Å². The first-order chi connectivity index (χ1) is 14.6. The summed E-state index contributed by atoms with van der Waals surface area (Å²) in [5.41, 5.74) is 0.311. The lowest BCUT2D eigenvalue weighted by Crippen LogP contribution is -2.53. The molecule has 0 aliphatic carbocycles.